The molecule has 19 heavy (non-hydrogen) atoms. The zero-order valence-corrected chi connectivity index (χ0v) is 12.1. The van der Waals surface area contributed by atoms with Gasteiger partial charge in [0.05, 0.1) is 12.2 Å². The maximum Gasteiger partial charge on any atom is 0.0802 e. The minimum absolute atomic E-state index is 0.411. The van der Waals surface area contributed by atoms with Crippen LogP contribution in [0, 0.1) is 0 Å². The Morgan fingerprint density at radius 2 is 2.16 bits per heavy atom. The van der Waals surface area contributed by atoms with Crippen LogP contribution in [-0.4, -0.2) is 42.9 Å². The van der Waals surface area contributed by atoms with E-state index in [0.717, 1.165) is 44.5 Å². The number of hydrogen-bond acceptors (Lipinski definition) is 3. The van der Waals surface area contributed by atoms with Crippen LogP contribution >= 0.6 is 11.6 Å². The van der Waals surface area contributed by atoms with Crippen LogP contribution in [0.25, 0.3) is 0 Å². The minimum atomic E-state index is -0.432. The zero-order valence-electron chi connectivity index (χ0n) is 11.4. The first kappa shape index (κ1) is 14.8. The molecule has 0 saturated carbocycles. The van der Waals surface area contributed by atoms with Crippen molar-refractivity contribution in [2.24, 2.45) is 0 Å². The van der Waals surface area contributed by atoms with E-state index in [2.05, 4.69) is 4.90 Å². The average Bonchev–Trinajstić information content (AvgIpc) is 2.45. The fourth-order valence-electron chi connectivity index (χ4n) is 2.55. The van der Waals surface area contributed by atoms with Crippen LogP contribution in [0.3, 0.4) is 0 Å². The average molecular weight is 284 g/mol. The Morgan fingerprint density at radius 1 is 1.42 bits per heavy atom. The second-order valence-corrected chi connectivity index (χ2v) is 5.57. The molecule has 0 amide bonds. The quantitative estimate of drug-likeness (QED) is 0.902. The molecular formula is C15H22ClNO2. The second kappa shape index (κ2) is 7.25. The number of nitrogens with zero attached hydrogens (tertiary/aromatic N) is 1. The highest BCUT2D eigenvalue weighted by molar-refractivity contribution is 6.30. The van der Waals surface area contributed by atoms with E-state index in [0.29, 0.717) is 11.1 Å². The Balaban J connectivity index is 1.76. The highest BCUT2D eigenvalue weighted by Crippen LogP contribution is 2.21. The van der Waals surface area contributed by atoms with Crippen molar-refractivity contribution in [2.45, 2.75) is 31.5 Å². The maximum atomic E-state index is 10.2. The van der Waals surface area contributed by atoms with Crippen LogP contribution in [0.5, 0.6) is 0 Å². The Labute approximate surface area is 120 Å². The largest absolute Gasteiger partial charge is 0.388 e. The molecule has 1 aliphatic rings. The third-order valence-electron chi connectivity index (χ3n) is 3.82. The fourth-order valence-corrected chi connectivity index (χ4v) is 2.75. The smallest absolute Gasteiger partial charge is 0.0802 e. The molecule has 0 aliphatic carbocycles. The molecule has 0 bridgehead atoms. The van der Waals surface area contributed by atoms with Gasteiger partial charge in [0.25, 0.3) is 0 Å². The highest BCUT2D eigenvalue weighted by atomic mass is 35.5. The molecule has 1 heterocycles. The molecule has 1 unspecified atom stereocenters. The number of methoxy groups -OCH3 is 1. The van der Waals surface area contributed by atoms with Crippen LogP contribution < -0.4 is 0 Å². The molecule has 1 aliphatic heterocycles. The number of rotatable bonds is 5. The van der Waals surface area contributed by atoms with Crippen molar-refractivity contribution in [3.63, 3.8) is 0 Å². The number of ether oxygens (including phenoxy) is 1. The lowest BCUT2D eigenvalue weighted by molar-refractivity contribution is 0.0361. The van der Waals surface area contributed by atoms with Crippen molar-refractivity contribution in [3.8, 4) is 0 Å². The fraction of sp³-hybridized carbons (Fsp3) is 0.600. The SMILES string of the molecule is COC1CCN(CCC(O)c2cccc(Cl)c2)CC1. The van der Waals surface area contributed by atoms with Crippen LogP contribution in [0.1, 0.15) is 30.9 Å². The molecule has 0 radical (unpaired) electrons. The standard InChI is InChI=1S/C15H22ClNO2/c1-19-14-5-8-17(9-6-14)10-7-15(18)12-3-2-4-13(16)11-12/h2-4,11,14-15,18H,5-10H2,1H3. The minimum Gasteiger partial charge on any atom is -0.388 e. The molecule has 0 aromatic heterocycles. The van der Waals surface area contributed by atoms with Gasteiger partial charge in [-0.25, -0.2) is 0 Å². The first-order chi connectivity index (χ1) is 9.19. The molecule has 1 fully saturated rings. The van der Waals surface area contributed by atoms with Crippen LogP contribution in [0.4, 0.5) is 0 Å². The van der Waals surface area contributed by atoms with E-state index in [-0.39, 0.29) is 0 Å². The Hall–Kier alpha value is -0.610. The van der Waals surface area contributed by atoms with E-state index in [4.69, 9.17) is 16.3 Å². The van der Waals surface area contributed by atoms with E-state index in [9.17, 15) is 5.11 Å². The first-order valence-electron chi connectivity index (χ1n) is 6.87. The lowest BCUT2D eigenvalue weighted by Gasteiger charge is -2.31. The summed E-state index contributed by atoms with van der Waals surface area (Å²) in [6.07, 6.45) is 2.90. The summed E-state index contributed by atoms with van der Waals surface area (Å²) in [5, 5.41) is 10.8. The van der Waals surface area contributed by atoms with Gasteiger partial charge in [-0.15, -0.1) is 0 Å². The summed E-state index contributed by atoms with van der Waals surface area (Å²) in [6.45, 7) is 3.03. The van der Waals surface area contributed by atoms with Gasteiger partial charge in [0.15, 0.2) is 0 Å². The van der Waals surface area contributed by atoms with E-state index >= 15 is 0 Å². The number of halogens is 1. The van der Waals surface area contributed by atoms with Crippen molar-refractivity contribution < 1.29 is 9.84 Å². The Morgan fingerprint density at radius 3 is 2.79 bits per heavy atom. The number of benzene rings is 1. The van der Waals surface area contributed by atoms with Crippen molar-refractivity contribution in [2.75, 3.05) is 26.7 Å². The van der Waals surface area contributed by atoms with Crippen molar-refractivity contribution in [1.29, 1.82) is 0 Å². The molecule has 1 aromatic carbocycles. The van der Waals surface area contributed by atoms with Gasteiger partial charge in [-0.1, -0.05) is 23.7 Å². The zero-order chi connectivity index (χ0) is 13.7. The van der Waals surface area contributed by atoms with E-state index in [1.165, 1.54) is 0 Å². The van der Waals surface area contributed by atoms with Gasteiger partial charge in [-0.3, -0.25) is 0 Å². The summed E-state index contributed by atoms with van der Waals surface area (Å²) < 4.78 is 5.36. The summed E-state index contributed by atoms with van der Waals surface area (Å²) in [4.78, 5) is 2.39. The summed E-state index contributed by atoms with van der Waals surface area (Å²) in [5.74, 6) is 0. The molecule has 4 heteroatoms. The van der Waals surface area contributed by atoms with E-state index in [1.54, 1.807) is 7.11 Å². The Bertz CT molecular complexity index is 391. The number of piperidine rings is 1. The molecule has 1 aromatic rings. The third-order valence-corrected chi connectivity index (χ3v) is 4.06. The van der Waals surface area contributed by atoms with Crippen molar-refractivity contribution in [3.05, 3.63) is 34.9 Å². The summed E-state index contributed by atoms with van der Waals surface area (Å²) in [5.41, 5.74) is 0.902. The second-order valence-electron chi connectivity index (χ2n) is 5.14. The molecule has 2 rings (SSSR count). The summed E-state index contributed by atoms with van der Waals surface area (Å²) in [7, 11) is 1.78. The monoisotopic (exact) mass is 283 g/mol. The van der Waals surface area contributed by atoms with Crippen molar-refractivity contribution in [1.82, 2.24) is 4.90 Å². The van der Waals surface area contributed by atoms with Gasteiger partial charge in [0, 0.05) is 31.8 Å². The normalized spacial score (nSPS) is 19.5. The first-order valence-corrected chi connectivity index (χ1v) is 7.25. The van der Waals surface area contributed by atoms with E-state index in [1.807, 2.05) is 24.3 Å². The molecule has 1 N–H and O–H groups in total. The third kappa shape index (κ3) is 4.46. The maximum absolute atomic E-state index is 10.2. The number of hydrogen-bond donors (Lipinski definition) is 1. The predicted octanol–water partition coefficient (Wildman–Crippen LogP) is 2.87. The lowest BCUT2D eigenvalue weighted by atomic mass is 10.0. The van der Waals surface area contributed by atoms with Gasteiger partial charge in [-0.2, -0.15) is 0 Å². The van der Waals surface area contributed by atoms with Crippen LogP contribution in [0.15, 0.2) is 24.3 Å². The number of likely N-dealkylation sites (tertiary alicyclic amines) is 1. The van der Waals surface area contributed by atoms with Crippen molar-refractivity contribution >= 4 is 11.6 Å². The Kier molecular flexibility index (Phi) is 5.64. The van der Waals surface area contributed by atoms with Gasteiger partial charge < -0.3 is 14.7 Å². The van der Waals surface area contributed by atoms with E-state index < -0.39 is 6.10 Å². The van der Waals surface area contributed by atoms with Gasteiger partial charge in [0.2, 0.25) is 0 Å². The lowest BCUT2D eigenvalue weighted by Crippen LogP contribution is -2.37. The molecule has 3 nitrogen and oxygen atoms in total. The van der Waals surface area contributed by atoms with Gasteiger partial charge >= 0.3 is 0 Å². The number of aliphatic hydroxyl groups excluding tert-OH is 1. The predicted molar refractivity (Wildman–Crippen MR) is 77.5 cm³/mol. The summed E-state index contributed by atoms with van der Waals surface area (Å²) in [6, 6.07) is 7.47. The van der Waals surface area contributed by atoms with Crippen LogP contribution in [0.2, 0.25) is 5.02 Å². The summed E-state index contributed by atoms with van der Waals surface area (Å²) >= 11 is 5.93. The molecule has 1 atom stereocenters. The number of aliphatic hydroxyl groups is 1. The van der Waals surface area contributed by atoms with Gasteiger partial charge in [-0.05, 0) is 37.0 Å². The van der Waals surface area contributed by atoms with Crippen LogP contribution in [-0.2, 0) is 4.74 Å². The molecule has 0 spiro atoms. The van der Waals surface area contributed by atoms with Gasteiger partial charge in [0.1, 0.15) is 0 Å². The molecule has 1 saturated heterocycles. The topological polar surface area (TPSA) is 32.7 Å². The molecular weight excluding hydrogens is 262 g/mol. The highest BCUT2D eigenvalue weighted by Gasteiger charge is 2.19. The molecule has 106 valence electrons.